The van der Waals surface area contributed by atoms with Crippen molar-refractivity contribution in [2.45, 2.75) is 65.3 Å². The van der Waals surface area contributed by atoms with Crippen LogP contribution >= 0.6 is 0 Å². The van der Waals surface area contributed by atoms with Gasteiger partial charge in [-0.05, 0) is 33.1 Å². The predicted molar refractivity (Wildman–Crippen MR) is 77.0 cm³/mol. The van der Waals surface area contributed by atoms with E-state index < -0.39 is 0 Å². The van der Waals surface area contributed by atoms with Crippen LogP contribution in [0.4, 0.5) is 5.95 Å². The molecule has 0 radical (unpaired) electrons. The Bertz CT molecular complexity index is 362. The summed E-state index contributed by atoms with van der Waals surface area (Å²) in [6.45, 7) is 7.53. The van der Waals surface area contributed by atoms with E-state index in [2.05, 4.69) is 41.8 Å². The Morgan fingerprint density at radius 3 is 2.72 bits per heavy atom. The maximum atomic E-state index is 4.57. The van der Waals surface area contributed by atoms with Crippen LogP contribution in [-0.4, -0.2) is 16.1 Å². The first kappa shape index (κ1) is 13.4. The first-order chi connectivity index (χ1) is 8.66. The van der Waals surface area contributed by atoms with Gasteiger partial charge in [0.1, 0.15) is 0 Å². The molecule has 2 rings (SSSR count). The molecule has 1 heterocycles. The number of hydrogen-bond donors (Lipinski definition) is 1. The number of anilines is 1. The van der Waals surface area contributed by atoms with Gasteiger partial charge in [0.2, 0.25) is 5.95 Å². The number of imidazole rings is 1. The summed E-state index contributed by atoms with van der Waals surface area (Å²) in [7, 11) is 0. The maximum absolute atomic E-state index is 4.57. The monoisotopic (exact) mass is 249 g/mol. The normalized spacial score (nSPS) is 17.3. The summed E-state index contributed by atoms with van der Waals surface area (Å²) in [6.07, 6.45) is 10.6. The molecule has 0 amide bonds. The Labute approximate surface area is 111 Å². The molecule has 0 bridgehead atoms. The molecule has 0 aliphatic heterocycles. The standard InChI is InChI=1S/C15H27N3/c1-12(2)18-11-13(3)17-15(18)16-10-9-14-7-5-4-6-8-14/h11-12,14H,4-10H2,1-3H3,(H,16,17). The van der Waals surface area contributed by atoms with Crippen LogP contribution in [0.25, 0.3) is 0 Å². The van der Waals surface area contributed by atoms with Crippen molar-refractivity contribution in [1.82, 2.24) is 9.55 Å². The molecule has 0 unspecified atom stereocenters. The van der Waals surface area contributed by atoms with Gasteiger partial charge in [0.25, 0.3) is 0 Å². The van der Waals surface area contributed by atoms with Crippen LogP contribution < -0.4 is 5.32 Å². The Morgan fingerprint density at radius 1 is 1.33 bits per heavy atom. The molecule has 0 atom stereocenters. The molecule has 1 saturated carbocycles. The quantitative estimate of drug-likeness (QED) is 0.849. The van der Waals surface area contributed by atoms with Crippen LogP contribution in [0.5, 0.6) is 0 Å². The first-order valence-electron chi connectivity index (χ1n) is 7.46. The molecule has 1 aliphatic rings. The molecule has 0 aromatic carbocycles. The van der Waals surface area contributed by atoms with Crippen molar-refractivity contribution in [2.75, 3.05) is 11.9 Å². The molecule has 1 fully saturated rings. The number of aryl methyl sites for hydroxylation is 1. The van der Waals surface area contributed by atoms with Crippen LogP contribution in [0.3, 0.4) is 0 Å². The van der Waals surface area contributed by atoms with Crippen molar-refractivity contribution in [2.24, 2.45) is 5.92 Å². The Hall–Kier alpha value is -0.990. The van der Waals surface area contributed by atoms with Gasteiger partial charge >= 0.3 is 0 Å². The number of hydrogen-bond acceptors (Lipinski definition) is 2. The zero-order chi connectivity index (χ0) is 13.0. The van der Waals surface area contributed by atoms with Gasteiger partial charge in [-0.2, -0.15) is 0 Å². The summed E-state index contributed by atoms with van der Waals surface area (Å²) in [4.78, 5) is 4.57. The van der Waals surface area contributed by atoms with E-state index in [1.54, 1.807) is 0 Å². The topological polar surface area (TPSA) is 29.9 Å². The van der Waals surface area contributed by atoms with Gasteiger partial charge in [-0.3, -0.25) is 0 Å². The smallest absolute Gasteiger partial charge is 0.203 e. The second-order valence-electron chi connectivity index (χ2n) is 5.93. The highest BCUT2D eigenvalue weighted by Gasteiger charge is 2.13. The third kappa shape index (κ3) is 3.50. The van der Waals surface area contributed by atoms with Gasteiger partial charge in [0.05, 0.1) is 5.69 Å². The highest BCUT2D eigenvalue weighted by Crippen LogP contribution is 2.26. The summed E-state index contributed by atoms with van der Waals surface area (Å²) in [6, 6.07) is 0.475. The third-order valence-corrected chi connectivity index (χ3v) is 3.97. The number of rotatable bonds is 5. The molecule has 18 heavy (non-hydrogen) atoms. The van der Waals surface area contributed by atoms with Crippen LogP contribution in [-0.2, 0) is 0 Å². The van der Waals surface area contributed by atoms with E-state index in [9.17, 15) is 0 Å². The highest BCUT2D eigenvalue weighted by molar-refractivity contribution is 5.29. The lowest BCUT2D eigenvalue weighted by molar-refractivity contribution is 0.345. The van der Waals surface area contributed by atoms with Gasteiger partial charge in [-0.1, -0.05) is 32.1 Å². The lowest BCUT2D eigenvalue weighted by Gasteiger charge is -2.21. The molecule has 1 aromatic rings. The summed E-state index contributed by atoms with van der Waals surface area (Å²) in [5, 5.41) is 3.51. The molecule has 1 aliphatic carbocycles. The average molecular weight is 249 g/mol. The first-order valence-corrected chi connectivity index (χ1v) is 7.46. The molecular weight excluding hydrogens is 222 g/mol. The van der Waals surface area contributed by atoms with Crippen molar-refractivity contribution >= 4 is 5.95 Å². The highest BCUT2D eigenvalue weighted by atomic mass is 15.2. The summed E-state index contributed by atoms with van der Waals surface area (Å²) >= 11 is 0. The van der Waals surface area contributed by atoms with Crippen LogP contribution in [0, 0.1) is 12.8 Å². The van der Waals surface area contributed by atoms with E-state index >= 15 is 0 Å². The minimum atomic E-state index is 0.475. The fourth-order valence-electron chi connectivity index (χ4n) is 2.90. The Balaban J connectivity index is 1.82. The predicted octanol–water partition coefficient (Wildman–Crippen LogP) is 4.15. The van der Waals surface area contributed by atoms with Crippen LogP contribution in [0.15, 0.2) is 6.20 Å². The van der Waals surface area contributed by atoms with Crippen molar-refractivity contribution in [3.05, 3.63) is 11.9 Å². The maximum Gasteiger partial charge on any atom is 0.203 e. The van der Waals surface area contributed by atoms with E-state index in [-0.39, 0.29) is 0 Å². The molecule has 3 heteroatoms. The van der Waals surface area contributed by atoms with Gasteiger partial charge in [0, 0.05) is 18.8 Å². The summed E-state index contributed by atoms with van der Waals surface area (Å²) in [5.74, 6) is 1.98. The van der Waals surface area contributed by atoms with Gasteiger partial charge in [-0.25, -0.2) is 4.98 Å². The fraction of sp³-hybridized carbons (Fsp3) is 0.800. The molecule has 1 N–H and O–H groups in total. The third-order valence-electron chi connectivity index (χ3n) is 3.97. The van der Waals surface area contributed by atoms with E-state index in [1.807, 2.05) is 0 Å². The van der Waals surface area contributed by atoms with Crippen molar-refractivity contribution in [1.29, 1.82) is 0 Å². The SMILES string of the molecule is Cc1cn(C(C)C)c(NCCC2CCCCC2)n1. The number of aromatic nitrogens is 2. The molecule has 1 aromatic heterocycles. The van der Waals surface area contributed by atoms with Crippen molar-refractivity contribution in [3.63, 3.8) is 0 Å². The van der Waals surface area contributed by atoms with E-state index in [0.29, 0.717) is 6.04 Å². The van der Waals surface area contributed by atoms with Crippen LogP contribution in [0.1, 0.15) is 64.1 Å². The van der Waals surface area contributed by atoms with Gasteiger partial charge < -0.3 is 9.88 Å². The lowest BCUT2D eigenvalue weighted by atomic mass is 9.87. The molecule has 0 saturated heterocycles. The molecule has 0 spiro atoms. The average Bonchev–Trinajstić information content (AvgIpc) is 2.72. The Morgan fingerprint density at radius 2 is 2.06 bits per heavy atom. The zero-order valence-electron chi connectivity index (χ0n) is 12.1. The number of nitrogens with one attached hydrogen (secondary N) is 1. The van der Waals surface area contributed by atoms with E-state index in [4.69, 9.17) is 0 Å². The van der Waals surface area contributed by atoms with E-state index in [1.165, 1.54) is 38.5 Å². The second kappa shape index (κ2) is 6.26. The minimum Gasteiger partial charge on any atom is -0.356 e. The van der Waals surface area contributed by atoms with E-state index in [0.717, 1.165) is 24.1 Å². The molecule has 102 valence electrons. The zero-order valence-corrected chi connectivity index (χ0v) is 12.1. The molecular formula is C15H27N3. The minimum absolute atomic E-state index is 0.475. The fourth-order valence-corrected chi connectivity index (χ4v) is 2.90. The van der Waals surface area contributed by atoms with Gasteiger partial charge in [0.15, 0.2) is 0 Å². The Kier molecular flexibility index (Phi) is 4.67. The van der Waals surface area contributed by atoms with Crippen molar-refractivity contribution in [3.8, 4) is 0 Å². The largest absolute Gasteiger partial charge is 0.356 e. The second-order valence-corrected chi connectivity index (χ2v) is 5.93. The number of nitrogens with zero attached hydrogens (tertiary/aromatic N) is 2. The summed E-state index contributed by atoms with van der Waals surface area (Å²) < 4.78 is 2.23. The summed E-state index contributed by atoms with van der Waals surface area (Å²) in [5.41, 5.74) is 1.10. The van der Waals surface area contributed by atoms with Crippen LogP contribution in [0.2, 0.25) is 0 Å². The van der Waals surface area contributed by atoms with Crippen molar-refractivity contribution < 1.29 is 0 Å². The van der Waals surface area contributed by atoms with Gasteiger partial charge in [-0.15, -0.1) is 0 Å². The molecule has 3 nitrogen and oxygen atoms in total. The lowest BCUT2D eigenvalue weighted by Crippen LogP contribution is -2.15.